The van der Waals surface area contributed by atoms with E-state index in [0.29, 0.717) is 34.7 Å². The number of nitrogens with zero attached hydrogens (tertiary/aromatic N) is 4. The first-order valence-corrected chi connectivity index (χ1v) is 10.2. The van der Waals surface area contributed by atoms with Crippen molar-refractivity contribution >= 4 is 23.4 Å². The van der Waals surface area contributed by atoms with E-state index in [-0.39, 0.29) is 24.9 Å². The number of benzene rings is 2. The van der Waals surface area contributed by atoms with Crippen LogP contribution in [0, 0.1) is 18.3 Å². The van der Waals surface area contributed by atoms with Gasteiger partial charge in [0.1, 0.15) is 0 Å². The minimum atomic E-state index is -0.137. The third-order valence-corrected chi connectivity index (χ3v) is 5.24. The largest absolute Gasteiger partial charge is 0.454 e. The highest BCUT2D eigenvalue weighted by Crippen LogP contribution is 2.36. The standard InChI is InChI=1S/C21H18N4O4S/c1-14-3-6-16(7-4-14)25(10-2-9-22)19(26)12-30-21-24-23-20(29-21)15-5-8-17-18(11-15)28-13-27-17/h3-8,11H,2,10,12-13H2,1H3. The summed E-state index contributed by atoms with van der Waals surface area (Å²) in [7, 11) is 0. The van der Waals surface area contributed by atoms with Crippen LogP contribution < -0.4 is 14.4 Å². The predicted molar refractivity (Wildman–Crippen MR) is 110 cm³/mol. The molecule has 0 N–H and O–H groups in total. The normalized spacial score (nSPS) is 11.9. The van der Waals surface area contributed by atoms with E-state index in [1.807, 2.05) is 37.3 Å². The maximum absolute atomic E-state index is 12.8. The minimum Gasteiger partial charge on any atom is -0.454 e. The monoisotopic (exact) mass is 422 g/mol. The van der Waals surface area contributed by atoms with E-state index in [2.05, 4.69) is 16.3 Å². The van der Waals surface area contributed by atoms with Gasteiger partial charge in [0.15, 0.2) is 11.5 Å². The van der Waals surface area contributed by atoms with Crippen LogP contribution in [-0.4, -0.2) is 35.2 Å². The van der Waals surface area contributed by atoms with Gasteiger partial charge in [0.25, 0.3) is 5.22 Å². The molecule has 2 heterocycles. The van der Waals surface area contributed by atoms with Crippen molar-refractivity contribution in [3.8, 4) is 29.0 Å². The molecule has 0 bridgehead atoms. The number of anilines is 1. The van der Waals surface area contributed by atoms with Crippen molar-refractivity contribution in [2.75, 3.05) is 24.0 Å². The van der Waals surface area contributed by atoms with Crippen LogP contribution in [0.3, 0.4) is 0 Å². The summed E-state index contributed by atoms with van der Waals surface area (Å²) >= 11 is 1.16. The second-order valence-electron chi connectivity index (χ2n) is 6.52. The molecule has 0 fully saturated rings. The summed E-state index contributed by atoms with van der Waals surface area (Å²) < 4.78 is 16.3. The van der Waals surface area contributed by atoms with Crippen LogP contribution in [0.25, 0.3) is 11.5 Å². The van der Waals surface area contributed by atoms with Gasteiger partial charge >= 0.3 is 0 Å². The van der Waals surface area contributed by atoms with Gasteiger partial charge in [-0.05, 0) is 37.3 Å². The van der Waals surface area contributed by atoms with Gasteiger partial charge in [-0.1, -0.05) is 29.5 Å². The van der Waals surface area contributed by atoms with Gasteiger partial charge < -0.3 is 18.8 Å². The molecule has 0 saturated heterocycles. The lowest BCUT2D eigenvalue weighted by Gasteiger charge is -2.21. The second kappa shape index (κ2) is 8.88. The minimum absolute atomic E-state index is 0.113. The number of hydrogen-bond donors (Lipinski definition) is 0. The molecule has 1 aliphatic heterocycles. The first kappa shape index (κ1) is 19.8. The predicted octanol–water partition coefficient (Wildman–Crippen LogP) is 3.81. The van der Waals surface area contributed by atoms with Crippen molar-refractivity contribution in [3.63, 3.8) is 0 Å². The van der Waals surface area contributed by atoms with Crippen LogP contribution in [0.2, 0.25) is 0 Å². The quantitative estimate of drug-likeness (QED) is 0.530. The Kier molecular flexibility index (Phi) is 5.86. The van der Waals surface area contributed by atoms with E-state index in [4.69, 9.17) is 19.2 Å². The SMILES string of the molecule is Cc1ccc(N(CCC#N)C(=O)CSc2nnc(-c3ccc4c(c3)OCO4)o2)cc1. The number of nitriles is 1. The lowest BCUT2D eigenvalue weighted by atomic mass is 10.2. The fourth-order valence-electron chi connectivity index (χ4n) is 2.90. The lowest BCUT2D eigenvalue weighted by molar-refractivity contribution is -0.116. The summed E-state index contributed by atoms with van der Waals surface area (Å²) in [5, 5.41) is 17.3. The van der Waals surface area contributed by atoms with Gasteiger partial charge in [-0.25, -0.2) is 0 Å². The third-order valence-electron chi connectivity index (χ3n) is 4.44. The van der Waals surface area contributed by atoms with Crippen LogP contribution in [-0.2, 0) is 4.79 Å². The van der Waals surface area contributed by atoms with Crippen molar-refractivity contribution in [1.82, 2.24) is 10.2 Å². The molecule has 0 unspecified atom stereocenters. The summed E-state index contributed by atoms with van der Waals surface area (Å²) in [6.07, 6.45) is 0.249. The molecular weight excluding hydrogens is 404 g/mol. The Morgan fingerprint density at radius 1 is 1.17 bits per heavy atom. The molecular formula is C21H18N4O4S. The first-order valence-electron chi connectivity index (χ1n) is 9.24. The van der Waals surface area contributed by atoms with Gasteiger partial charge in [-0.15, -0.1) is 10.2 Å². The summed E-state index contributed by atoms with van der Waals surface area (Å²) in [6.45, 7) is 2.49. The van der Waals surface area contributed by atoms with Crippen molar-refractivity contribution in [1.29, 1.82) is 5.26 Å². The molecule has 2 aromatic carbocycles. The summed E-state index contributed by atoms with van der Waals surface area (Å²) in [6, 6.07) is 15.1. The van der Waals surface area contributed by atoms with E-state index in [1.54, 1.807) is 17.0 Å². The van der Waals surface area contributed by atoms with Crippen molar-refractivity contribution in [2.45, 2.75) is 18.6 Å². The first-order chi connectivity index (χ1) is 14.6. The number of hydrogen-bond acceptors (Lipinski definition) is 8. The van der Waals surface area contributed by atoms with Gasteiger partial charge in [-0.2, -0.15) is 5.26 Å². The second-order valence-corrected chi connectivity index (χ2v) is 7.45. The third kappa shape index (κ3) is 4.39. The molecule has 3 aromatic rings. The maximum atomic E-state index is 12.8. The van der Waals surface area contributed by atoms with Gasteiger partial charge in [-0.3, -0.25) is 4.79 Å². The molecule has 1 aromatic heterocycles. The number of aromatic nitrogens is 2. The molecule has 0 radical (unpaired) electrons. The summed E-state index contributed by atoms with van der Waals surface area (Å²) in [5.74, 6) is 1.61. The van der Waals surface area contributed by atoms with Gasteiger partial charge in [0.05, 0.1) is 18.2 Å². The van der Waals surface area contributed by atoms with Crippen LogP contribution in [0.5, 0.6) is 11.5 Å². The Hall–Kier alpha value is -3.51. The highest BCUT2D eigenvalue weighted by molar-refractivity contribution is 7.99. The molecule has 8 nitrogen and oxygen atoms in total. The Balaban J connectivity index is 1.42. The number of rotatable bonds is 7. The highest BCUT2D eigenvalue weighted by Gasteiger charge is 2.19. The number of carbonyl (C=O) groups excluding carboxylic acids is 1. The van der Waals surface area contributed by atoms with Crippen LogP contribution in [0.1, 0.15) is 12.0 Å². The van der Waals surface area contributed by atoms with Crippen molar-refractivity contribution in [2.24, 2.45) is 0 Å². The number of fused-ring (bicyclic) bond motifs is 1. The van der Waals surface area contributed by atoms with Crippen LogP contribution >= 0.6 is 11.8 Å². The molecule has 9 heteroatoms. The molecule has 152 valence electrons. The lowest BCUT2D eigenvalue weighted by Crippen LogP contribution is -2.33. The summed E-state index contributed by atoms with van der Waals surface area (Å²) in [4.78, 5) is 14.4. The van der Waals surface area contributed by atoms with Gasteiger partial charge in [0.2, 0.25) is 18.6 Å². The Bertz CT molecular complexity index is 1090. The van der Waals surface area contributed by atoms with E-state index >= 15 is 0 Å². The number of aryl methyl sites for hydroxylation is 1. The van der Waals surface area contributed by atoms with E-state index in [1.165, 1.54) is 0 Å². The zero-order valence-electron chi connectivity index (χ0n) is 16.2. The zero-order chi connectivity index (χ0) is 20.9. The Morgan fingerprint density at radius 3 is 2.77 bits per heavy atom. The number of carbonyl (C=O) groups is 1. The number of ether oxygens (including phenoxy) is 2. The number of thioether (sulfide) groups is 1. The van der Waals surface area contributed by atoms with Crippen LogP contribution in [0.15, 0.2) is 52.1 Å². The molecule has 1 aliphatic rings. The fourth-order valence-corrected chi connectivity index (χ4v) is 3.54. The topological polar surface area (TPSA) is 101 Å². The average Bonchev–Trinajstić information content (AvgIpc) is 3.42. The smallest absolute Gasteiger partial charge is 0.277 e. The Morgan fingerprint density at radius 2 is 1.97 bits per heavy atom. The van der Waals surface area contributed by atoms with E-state index in [9.17, 15) is 4.79 Å². The van der Waals surface area contributed by atoms with E-state index in [0.717, 1.165) is 23.0 Å². The number of amides is 1. The molecule has 0 spiro atoms. The van der Waals surface area contributed by atoms with Crippen molar-refractivity contribution in [3.05, 3.63) is 48.0 Å². The molecule has 0 aliphatic carbocycles. The zero-order valence-corrected chi connectivity index (χ0v) is 17.0. The van der Waals surface area contributed by atoms with Gasteiger partial charge in [0, 0.05) is 17.8 Å². The maximum Gasteiger partial charge on any atom is 0.277 e. The van der Waals surface area contributed by atoms with Crippen molar-refractivity contribution < 1.29 is 18.7 Å². The van der Waals surface area contributed by atoms with Crippen LogP contribution in [0.4, 0.5) is 5.69 Å². The molecule has 0 saturated carbocycles. The molecule has 1 amide bonds. The summed E-state index contributed by atoms with van der Waals surface area (Å²) in [5.41, 5.74) is 2.57. The average molecular weight is 422 g/mol. The molecule has 4 rings (SSSR count). The highest BCUT2D eigenvalue weighted by atomic mass is 32.2. The van der Waals surface area contributed by atoms with E-state index < -0.39 is 0 Å². The fraction of sp³-hybridized carbons (Fsp3) is 0.238. The Labute approximate surface area is 177 Å². The molecule has 30 heavy (non-hydrogen) atoms. The molecule has 0 atom stereocenters.